The van der Waals surface area contributed by atoms with E-state index in [0.29, 0.717) is 45.6 Å². The summed E-state index contributed by atoms with van der Waals surface area (Å²) >= 11 is 0. The molecule has 1 amide bonds. The van der Waals surface area contributed by atoms with Crippen molar-refractivity contribution in [2.75, 3.05) is 19.4 Å². The first-order valence-electron chi connectivity index (χ1n) is 11.2. The summed E-state index contributed by atoms with van der Waals surface area (Å²) in [6, 6.07) is 7.52. The number of nitrogens with one attached hydrogen (secondary N) is 1. The Labute approximate surface area is 211 Å². The molecule has 4 rings (SSSR count). The third-order valence-electron chi connectivity index (χ3n) is 5.40. The molecule has 2 aromatic carbocycles. The molecule has 0 aliphatic rings. The van der Waals surface area contributed by atoms with E-state index in [4.69, 9.17) is 5.10 Å². The van der Waals surface area contributed by atoms with Crippen LogP contribution in [0.25, 0.3) is 22.3 Å². The quantitative estimate of drug-likeness (QED) is 0.286. The molecule has 4 aromatic rings. The first kappa shape index (κ1) is 25.6. The van der Waals surface area contributed by atoms with Crippen LogP contribution in [0.4, 0.5) is 20.3 Å². The number of anilines is 1. The second kappa shape index (κ2) is 10.2. The third-order valence-corrected chi connectivity index (χ3v) is 5.40. The Hall–Kier alpha value is -4.51. The topological polar surface area (TPSA) is 109 Å². The minimum atomic E-state index is -1.76. The van der Waals surface area contributed by atoms with E-state index in [1.54, 1.807) is 34.1 Å². The van der Waals surface area contributed by atoms with Gasteiger partial charge in [0.2, 0.25) is 0 Å². The fraction of sp³-hybridized carbons (Fsp3) is 0.192. The van der Waals surface area contributed by atoms with Crippen LogP contribution in [0.5, 0.6) is 0 Å². The number of aryl methyl sites for hydroxylation is 1. The van der Waals surface area contributed by atoms with E-state index < -0.39 is 23.6 Å². The molecule has 1 atom stereocenters. The first-order chi connectivity index (χ1) is 17.5. The van der Waals surface area contributed by atoms with Crippen LogP contribution in [-0.4, -0.2) is 56.1 Å². The zero-order valence-electron chi connectivity index (χ0n) is 20.7. The number of aliphatic imine (C=N–C) groups is 1. The highest BCUT2D eigenvalue weighted by molar-refractivity contribution is 5.96. The third kappa shape index (κ3) is 5.36. The number of nitrogens with zero attached hydrogens (tertiary/aromatic N) is 6. The standard InChI is InChI=1S/C26H25F2N7O2/c1-14(2)21-22-23(25(30-12-29-22)31-13-34(4)5)35(33-21)20-7-6-19(8-15(20)3)32-26(37)24(36)16-9-17(27)11-18(28)10-16/h6-13,24,36H,1H2,2-5H3,(H,32,37)/b31-13+/t24-/m1/s1. The number of aliphatic hydroxyl groups is 1. The van der Waals surface area contributed by atoms with E-state index in [1.807, 2.05) is 27.9 Å². The first-order valence-corrected chi connectivity index (χ1v) is 11.2. The van der Waals surface area contributed by atoms with Crippen molar-refractivity contribution < 1.29 is 18.7 Å². The Morgan fingerprint density at radius 1 is 1.19 bits per heavy atom. The Kier molecular flexibility index (Phi) is 7.07. The fourth-order valence-electron chi connectivity index (χ4n) is 3.73. The molecular formula is C26H25F2N7O2. The highest BCUT2D eigenvalue weighted by Crippen LogP contribution is 2.31. The molecule has 11 heteroatoms. The molecule has 37 heavy (non-hydrogen) atoms. The molecule has 0 aliphatic carbocycles. The number of carbonyl (C=O) groups excluding carboxylic acids is 1. The molecule has 2 heterocycles. The lowest BCUT2D eigenvalue weighted by Crippen LogP contribution is -2.21. The van der Waals surface area contributed by atoms with Crippen molar-refractivity contribution in [1.82, 2.24) is 24.6 Å². The fourth-order valence-corrected chi connectivity index (χ4v) is 3.73. The van der Waals surface area contributed by atoms with Crippen molar-refractivity contribution in [3.05, 3.63) is 77.8 Å². The van der Waals surface area contributed by atoms with Gasteiger partial charge in [-0.05, 0) is 60.9 Å². The van der Waals surface area contributed by atoms with Gasteiger partial charge >= 0.3 is 0 Å². The average molecular weight is 506 g/mol. The second-order valence-electron chi connectivity index (χ2n) is 8.74. The van der Waals surface area contributed by atoms with Gasteiger partial charge in [0.1, 0.15) is 34.7 Å². The van der Waals surface area contributed by atoms with E-state index in [-0.39, 0.29) is 5.56 Å². The molecule has 0 fully saturated rings. The molecule has 2 N–H and O–H groups in total. The number of allylic oxidation sites excluding steroid dienone is 1. The van der Waals surface area contributed by atoms with Crippen molar-refractivity contribution in [2.24, 2.45) is 4.99 Å². The van der Waals surface area contributed by atoms with E-state index in [1.165, 1.54) is 6.33 Å². The molecule has 190 valence electrons. The highest BCUT2D eigenvalue weighted by atomic mass is 19.1. The van der Waals surface area contributed by atoms with E-state index in [2.05, 4.69) is 26.9 Å². The maximum atomic E-state index is 13.5. The lowest BCUT2D eigenvalue weighted by Gasteiger charge is -2.14. The minimum Gasteiger partial charge on any atom is -0.378 e. The molecule has 0 unspecified atom stereocenters. The molecule has 0 spiro atoms. The summed E-state index contributed by atoms with van der Waals surface area (Å²) in [5.74, 6) is -2.19. The van der Waals surface area contributed by atoms with Gasteiger partial charge in [-0.15, -0.1) is 0 Å². The van der Waals surface area contributed by atoms with Gasteiger partial charge in [-0.3, -0.25) is 4.79 Å². The van der Waals surface area contributed by atoms with Crippen molar-refractivity contribution in [2.45, 2.75) is 20.0 Å². The van der Waals surface area contributed by atoms with Gasteiger partial charge < -0.3 is 15.3 Å². The number of fused-ring (bicyclic) bond motifs is 1. The molecule has 0 radical (unpaired) electrons. The number of carbonyl (C=O) groups is 1. The number of hydrogen-bond donors (Lipinski definition) is 2. The number of aliphatic hydroxyl groups excluding tert-OH is 1. The smallest absolute Gasteiger partial charge is 0.257 e. The second-order valence-corrected chi connectivity index (χ2v) is 8.74. The maximum Gasteiger partial charge on any atom is 0.257 e. The van der Waals surface area contributed by atoms with Crippen LogP contribution in [0, 0.1) is 18.6 Å². The summed E-state index contributed by atoms with van der Waals surface area (Å²) in [6.07, 6.45) is 1.29. The van der Waals surface area contributed by atoms with E-state index in [0.717, 1.165) is 17.7 Å². The van der Waals surface area contributed by atoms with E-state index >= 15 is 0 Å². The lowest BCUT2D eigenvalue weighted by molar-refractivity contribution is -0.124. The summed E-state index contributed by atoms with van der Waals surface area (Å²) < 4.78 is 28.7. The van der Waals surface area contributed by atoms with Gasteiger partial charge in [0, 0.05) is 25.8 Å². The number of hydrogen-bond acceptors (Lipinski definition) is 6. The summed E-state index contributed by atoms with van der Waals surface area (Å²) in [6.45, 7) is 7.66. The van der Waals surface area contributed by atoms with Crippen molar-refractivity contribution in [3.63, 3.8) is 0 Å². The average Bonchev–Trinajstić information content (AvgIpc) is 3.22. The number of aromatic nitrogens is 4. The van der Waals surface area contributed by atoms with Crippen LogP contribution in [0.2, 0.25) is 0 Å². The SMILES string of the molecule is C=C(C)c1nn(-c2ccc(NC(=O)[C@H](O)c3cc(F)cc(F)c3)cc2C)c2c(/N=C/N(C)C)ncnc12. The number of halogens is 2. The number of rotatable bonds is 7. The monoisotopic (exact) mass is 505 g/mol. The molecule has 0 saturated carbocycles. The van der Waals surface area contributed by atoms with Gasteiger partial charge in [-0.2, -0.15) is 5.10 Å². The zero-order valence-corrected chi connectivity index (χ0v) is 20.7. The number of amides is 1. The minimum absolute atomic E-state index is 0.190. The summed E-state index contributed by atoms with van der Waals surface area (Å²) in [4.78, 5) is 27.5. The van der Waals surface area contributed by atoms with Gasteiger partial charge in [0.25, 0.3) is 5.91 Å². The molecule has 0 saturated heterocycles. The van der Waals surface area contributed by atoms with Gasteiger partial charge in [0.15, 0.2) is 11.9 Å². The van der Waals surface area contributed by atoms with Gasteiger partial charge in [0.05, 0.1) is 12.0 Å². The summed E-state index contributed by atoms with van der Waals surface area (Å²) in [7, 11) is 3.69. The predicted molar refractivity (Wildman–Crippen MR) is 138 cm³/mol. The summed E-state index contributed by atoms with van der Waals surface area (Å²) in [5, 5.41) is 17.6. The molecule has 9 nitrogen and oxygen atoms in total. The van der Waals surface area contributed by atoms with Crippen molar-refractivity contribution >= 4 is 40.4 Å². The molecule has 0 aliphatic heterocycles. The normalized spacial score (nSPS) is 12.2. The predicted octanol–water partition coefficient (Wildman–Crippen LogP) is 4.33. The van der Waals surface area contributed by atoms with Crippen molar-refractivity contribution in [1.29, 1.82) is 0 Å². The molecule has 0 bridgehead atoms. The van der Waals surface area contributed by atoms with Crippen LogP contribution in [0.1, 0.15) is 29.8 Å². The maximum absolute atomic E-state index is 13.5. The highest BCUT2D eigenvalue weighted by Gasteiger charge is 2.21. The number of benzene rings is 2. The Morgan fingerprint density at radius 3 is 2.51 bits per heavy atom. The lowest BCUT2D eigenvalue weighted by atomic mass is 10.1. The van der Waals surface area contributed by atoms with Crippen molar-refractivity contribution in [3.8, 4) is 5.69 Å². The molecule has 2 aromatic heterocycles. The largest absolute Gasteiger partial charge is 0.378 e. The van der Waals surface area contributed by atoms with Crippen LogP contribution in [-0.2, 0) is 4.79 Å². The Morgan fingerprint density at radius 2 is 1.89 bits per heavy atom. The zero-order chi connectivity index (χ0) is 26.9. The summed E-state index contributed by atoms with van der Waals surface area (Å²) in [5.41, 5.74) is 4.09. The van der Waals surface area contributed by atoms with Gasteiger partial charge in [-0.1, -0.05) is 6.58 Å². The van der Waals surface area contributed by atoms with Crippen LogP contribution in [0.15, 0.2) is 54.3 Å². The Bertz CT molecular complexity index is 1530. The van der Waals surface area contributed by atoms with Crippen LogP contribution >= 0.6 is 0 Å². The Balaban J connectivity index is 1.70. The van der Waals surface area contributed by atoms with Crippen LogP contribution < -0.4 is 5.32 Å². The van der Waals surface area contributed by atoms with E-state index in [9.17, 15) is 18.7 Å². The van der Waals surface area contributed by atoms with Crippen LogP contribution in [0.3, 0.4) is 0 Å². The molecular weight excluding hydrogens is 480 g/mol. The van der Waals surface area contributed by atoms with Gasteiger partial charge in [-0.25, -0.2) is 28.4 Å².